The zero-order valence-electron chi connectivity index (χ0n) is 20.5. The molecular weight excluding hydrogens is 362 g/mol. The quantitative estimate of drug-likeness (QED) is 0.327. The molecule has 0 unspecified atom stereocenters. The average molecular weight is 414 g/mol. The molecule has 172 valence electrons. The Balaban J connectivity index is 1.37. The summed E-state index contributed by atoms with van der Waals surface area (Å²) >= 11 is 0. The predicted octanol–water partition coefficient (Wildman–Crippen LogP) is 9.46. The number of rotatable bonds is 10. The van der Waals surface area contributed by atoms with E-state index in [1.54, 1.807) is 0 Å². The van der Waals surface area contributed by atoms with Gasteiger partial charge in [0.2, 0.25) is 0 Å². The first-order valence-corrected chi connectivity index (χ1v) is 14.1. The average Bonchev–Trinajstić information content (AvgIpc) is 2.82. The summed E-state index contributed by atoms with van der Waals surface area (Å²) in [6.45, 7) is 4.67. The van der Waals surface area contributed by atoms with E-state index in [9.17, 15) is 5.26 Å². The van der Waals surface area contributed by atoms with Gasteiger partial charge in [0.05, 0.1) is 11.5 Å². The van der Waals surface area contributed by atoms with Crippen molar-refractivity contribution in [3.63, 3.8) is 0 Å². The second-order valence-electron chi connectivity index (χ2n) is 11.6. The first-order valence-electron chi connectivity index (χ1n) is 14.1. The molecule has 0 atom stereocenters. The van der Waals surface area contributed by atoms with Crippen molar-refractivity contribution >= 4 is 0 Å². The summed E-state index contributed by atoms with van der Waals surface area (Å²) in [5.41, 5.74) is 0.0439. The fraction of sp³-hybridized carbons (Fsp3) is 0.966. The lowest BCUT2D eigenvalue weighted by Crippen LogP contribution is -2.38. The molecule has 0 aromatic rings. The highest BCUT2D eigenvalue weighted by Crippen LogP contribution is 2.52. The molecule has 0 aliphatic heterocycles. The molecule has 0 N–H and O–H groups in total. The lowest BCUT2D eigenvalue weighted by atomic mass is 9.57. The lowest BCUT2D eigenvalue weighted by Gasteiger charge is -2.45. The number of nitriles is 1. The third-order valence-corrected chi connectivity index (χ3v) is 9.87. The van der Waals surface area contributed by atoms with Crippen LogP contribution in [-0.4, -0.2) is 0 Å². The van der Waals surface area contributed by atoms with Crippen molar-refractivity contribution in [2.45, 2.75) is 142 Å². The van der Waals surface area contributed by atoms with Crippen molar-refractivity contribution in [1.29, 1.82) is 5.26 Å². The summed E-state index contributed by atoms with van der Waals surface area (Å²) in [6.07, 6.45) is 28.0. The van der Waals surface area contributed by atoms with Gasteiger partial charge in [-0.2, -0.15) is 5.26 Å². The maximum absolute atomic E-state index is 10.2. The molecular formula is C29H51N. The van der Waals surface area contributed by atoms with Crippen LogP contribution in [0.3, 0.4) is 0 Å². The molecule has 0 saturated heterocycles. The third-order valence-electron chi connectivity index (χ3n) is 9.87. The first-order chi connectivity index (χ1) is 14.7. The predicted molar refractivity (Wildman–Crippen MR) is 129 cm³/mol. The lowest BCUT2D eigenvalue weighted by molar-refractivity contribution is 0.0605. The Kier molecular flexibility index (Phi) is 10.1. The molecule has 0 radical (unpaired) electrons. The van der Waals surface area contributed by atoms with E-state index in [1.165, 1.54) is 128 Å². The van der Waals surface area contributed by atoms with Crippen LogP contribution in [0.4, 0.5) is 0 Å². The number of hydrogen-bond donors (Lipinski definition) is 0. The molecule has 1 heteroatoms. The fourth-order valence-electron chi connectivity index (χ4n) is 7.52. The Morgan fingerprint density at radius 3 is 1.83 bits per heavy atom. The second-order valence-corrected chi connectivity index (χ2v) is 11.6. The van der Waals surface area contributed by atoms with E-state index < -0.39 is 0 Å². The number of nitrogens with zero attached hydrogens (tertiary/aromatic N) is 1. The maximum Gasteiger partial charge on any atom is 0.0692 e. The molecule has 0 aromatic heterocycles. The van der Waals surface area contributed by atoms with E-state index in [0.717, 1.165) is 23.7 Å². The van der Waals surface area contributed by atoms with E-state index in [-0.39, 0.29) is 5.41 Å². The Morgan fingerprint density at radius 2 is 1.23 bits per heavy atom. The fourth-order valence-corrected chi connectivity index (χ4v) is 7.52. The molecule has 0 aromatic carbocycles. The van der Waals surface area contributed by atoms with Crippen LogP contribution in [0.5, 0.6) is 0 Å². The highest BCUT2D eigenvalue weighted by molar-refractivity contribution is 5.06. The normalized spacial score (nSPS) is 37.6. The van der Waals surface area contributed by atoms with Gasteiger partial charge in [0.15, 0.2) is 0 Å². The van der Waals surface area contributed by atoms with Gasteiger partial charge in [0, 0.05) is 0 Å². The largest absolute Gasteiger partial charge is 0.198 e. The van der Waals surface area contributed by atoms with Crippen LogP contribution >= 0.6 is 0 Å². The summed E-state index contributed by atoms with van der Waals surface area (Å²) in [5.74, 6) is 4.61. The van der Waals surface area contributed by atoms with Gasteiger partial charge in [0.25, 0.3) is 0 Å². The minimum Gasteiger partial charge on any atom is -0.198 e. The molecule has 0 heterocycles. The number of hydrogen-bond acceptors (Lipinski definition) is 1. The van der Waals surface area contributed by atoms with Crippen molar-refractivity contribution in [2.75, 3.05) is 0 Å². The maximum atomic E-state index is 10.2. The van der Waals surface area contributed by atoms with Crippen LogP contribution in [0.25, 0.3) is 0 Å². The third kappa shape index (κ3) is 6.50. The van der Waals surface area contributed by atoms with Gasteiger partial charge in [-0.25, -0.2) is 0 Å². The molecule has 3 fully saturated rings. The molecule has 3 rings (SSSR count). The van der Waals surface area contributed by atoms with Gasteiger partial charge in [-0.05, 0) is 81.0 Å². The Bertz CT molecular complexity index is 493. The summed E-state index contributed by atoms with van der Waals surface area (Å²) < 4.78 is 0. The first kappa shape index (κ1) is 24.1. The molecule has 0 bridgehead atoms. The van der Waals surface area contributed by atoms with Gasteiger partial charge in [-0.3, -0.25) is 0 Å². The molecule has 0 amide bonds. The zero-order chi connectivity index (χ0) is 21.2. The van der Waals surface area contributed by atoms with E-state index >= 15 is 0 Å². The van der Waals surface area contributed by atoms with Crippen molar-refractivity contribution in [3.05, 3.63) is 0 Å². The minimum absolute atomic E-state index is 0.0439. The smallest absolute Gasteiger partial charge is 0.0692 e. The summed E-state index contributed by atoms with van der Waals surface area (Å²) in [4.78, 5) is 0. The van der Waals surface area contributed by atoms with Crippen LogP contribution in [0.15, 0.2) is 0 Å². The van der Waals surface area contributed by atoms with E-state index in [2.05, 4.69) is 19.9 Å². The Labute approximate surface area is 188 Å². The summed E-state index contributed by atoms with van der Waals surface area (Å²) in [5, 5.41) is 10.2. The topological polar surface area (TPSA) is 23.8 Å². The Morgan fingerprint density at radius 1 is 0.667 bits per heavy atom. The van der Waals surface area contributed by atoms with Crippen molar-refractivity contribution in [3.8, 4) is 6.07 Å². The summed E-state index contributed by atoms with van der Waals surface area (Å²) in [6, 6.07) is 2.91. The van der Waals surface area contributed by atoms with Crippen LogP contribution in [-0.2, 0) is 0 Å². The zero-order valence-corrected chi connectivity index (χ0v) is 20.5. The van der Waals surface area contributed by atoms with Crippen molar-refractivity contribution in [2.24, 2.45) is 35.0 Å². The van der Waals surface area contributed by atoms with E-state index in [0.29, 0.717) is 5.92 Å². The molecule has 3 aliphatic carbocycles. The van der Waals surface area contributed by atoms with Crippen molar-refractivity contribution < 1.29 is 0 Å². The monoisotopic (exact) mass is 413 g/mol. The van der Waals surface area contributed by atoms with Crippen molar-refractivity contribution in [1.82, 2.24) is 0 Å². The standard InChI is InChI=1S/C29H51N/c1-3-5-6-7-8-9-10-25-13-17-28(18-14-25)29(23-30)21-19-27(20-22-29)26-15-11-24(4-2)12-16-26/h24-28H,3-22H2,1-2H3/t24?,25?,26?,27-,28?,29-. The highest BCUT2D eigenvalue weighted by atomic mass is 14.5. The molecule has 1 nitrogen and oxygen atoms in total. The summed E-state index contributed by atoms with van der Waals surface area (Å²) in [7, 11) is 0. The van der Waals surface area contributed by atoms with E-state index in [4.69, 9.17) is 0 Å². The molecule has 30 heavy (non-hydrogen) atoms. The SMILES string of the molecule is CCCCCCCCC1CCC([C@]2(C#N)CC[C@@H](C3CCC(CC)CC3)CC2)CC1. The second kappa shape index (κ2) is 12.5. The van der Waals surface area contributed by atoms with Crippen LogP contribution in [0.1, 0.15) is 142 Å². The minimum atomic E-state index is 0.0439. The van der Waals surface area contributed by atoms with Gasteiger partial charge < -0.3 is 0 Å². The Hall–Kier alpha value is -0.510. The molecule has 3 aliphatic rings. The van der Waals surface area contributed by atoms with Gasteiger partial charge in [-0.1, -0.05) is 90.9 Å². The van der Waals surface area contributed by atoms with Gasteiger partial charge in [0.1, 0.15) is 0 Å². The molecule has 0 spiro atoms. The van der Waals surface area contributed by atoms with E-state index in [1.807, 2.05) is 0 Å². The van der Waals surface area contributed by atoms with Crippen LogP contribution in [0, 0.1) is 46.3 Å². The molecule has 3 saturated carbocycles. The highest BCUT2D eigenvalue weighted by Gasteiger charge is 2.44. The number of unbranched alkanes of at least 4 members (excludes halogenated alkanes) is 5. The van der Waals surface area contributed by atoms with Gasteiger partial charge in [-0.15, -0.1) is 0 Å². The van der Waals surface area contributed by atoms with Crippen LogP contribution in [0.2, 0.25) is 0 Å². The van der Waals surface area contributed by atoms with Crippen LogP contribution < -0.4 is 0 Å². The van der Waals surface area contributed by atoms with Gasteiger partial charge >= 0.3 is 0 Å².